The van der Waals surface area contributed by atoms with Gasteiger partial charge in [-0.1, -0.05) is 12.1 Å². The zero-order valence-electron chi connectivity index (χ0n) is 12.6. The van der Waals surface area contributed by atoms with Gasteiger partial charge in [-0.05, 0) is 39.8 Å². The molecule has 0 aliphatic rings. The first-order valence-corrected chi connectivity index (χ1v) is 7.65. The summed E-state index contributed by atoms with van der Waals surface area (Å²) >= 11 is 1.44. The Bertz CT molecular complexity index is 646. The second-order valence-electron chi connectivity index (χ2n) is 5.66. The van der Waals surface area contributed by atoms with E-state index >= 15 is 0 Å². The Morgan fingerprint density at radius 3 is 2.71 bits per heavy atom. The third-order valence-electron chi connectivity index (χ3n) is 3.13. The summed E-state index contributed by atoms with van der Waals surface area (Å²) in [5.41, 5.74) is 0.525. The highest BCUT2D eigenvalue weighted by molar-refractivity contribution is 7.13. The Labute approximate surface area is 128 Å². The van der Waals surface area contributed by atoms with Crippen LogP contribution in [0.2, 0.25) is 0 Å². The summed E-state index contributed by atoms with van der Waals surface area (Å²) in [7, 11) is 0. The average molecular weight is 305 g/mol. The predicted molar refractivity (Wildman–Crippen MR) is 84.0 cm³/mol. The molecular formula is C16H19NO3S. The maximum atomic E-state index is 11.3. The van der Waals surface area contributed by atoms with Gasteiger partial charge in [0.25, 0.3) is 0 Å². The Kier molecular flexibility index (Phi) is 4.32. The van der Waals surface area contributed by atoms with Crippen molar-refractivity contribution >= 4 is 17.3 Å². The van der Waals surface area contributed by atoms with Crippen molar-refractivity contribution in [3.63, 3.8) is 0 Å². The molecule has 0 aliphatic heterocycles. The standard InChI is InChI=1S/C16H19NO3S/c1-10(2)20-12-7-5-6-11(8-12)14-17-13(9-21-14)16(3,4)15(18)19/h5-10H,1-4H3,(H,18,19). The van der Waals surface area contributed by atoms with Crippen LogP contribution < -0.4 is 4.74 Å². The van der Waals surface area contributed by atoms with Gasteiger partial charge in [0.1, 0.15) is 16.2 Å². The molecule has 0 amide bonds. The van der Waals surface area contributed by atoms with Crippen molar-refractivity contribution in [2.24, 2.45) is 0 Å². The van der Waals surface area contributed by atoms with E-state index < -0.39 is 11.4 Å². The maximum absolute atomic E-state index is 11.3. The van der Waals surface area contributed by atoms with Crippen molar-refractivity contribution in [2.45, 2.75) is 39.2 Å². The van der Waals surface area contributed by atoms with E-state index in [1.54, 1.807) is 19.2 Å². The molecule has 1 heterocycles. The van der Waals surface area contributed by atoms with Gasteiger partial charge in [0, 0.05) is 10.9 Å². The van der Waals surface area contributed by atoms with Crippen molar-refractivity contribution in [2.75, 3.05) is 0 Å². The van der Waals surface area contributed by atoms with Gasteiger partial charge in [-0.2, -0.15) is 0 Å². The number of carboxylic acids is 1. The number of ether oxygens (including phenoxy) is 1. The minimum Gasteiger partial charge on any atom is -0.491 e. The van der Waals surface area contributed by atoms with Gasteiger partial charge in [0.2, 0.25) is 0 Å². The smallest absolute Gasteiger partial charge is 0.315 e. The number of aromatic nitrogens is 1. The van der Waals surface area contributed by atoms with Crippen LogP contribution in [0.1, 0.15) is 33.4 Å². The number of hydrogen-bond acceptors (Lipinski definition) is 4. The molecule has 5 heteroatoms. The summed E-state index contributed by atoms with van der Waals surface area (Å²) in [5.74, 6) is -0.0898. The highest BCUT2D eigenvalue weighted by Gasteiger charge is 2.32. The monoisotopic (exact) mass is 305 g/mol. The number of aliphatic carboxylic acids is 1. The van der Waals surface area contributed by atoms with Gasteiger partial charge < -0.3 is 9.84 Å². The van der Waals surface area contributed by atoms with E-state index in [2.05, 4.69) is 4.98 Å². The largest absolute Gasteiger partial charge is 0.491 e. The van der Waals surface area contributed by atoms with Crippen LogP contribution in [0.5, 0.6) is 5.75 Å². The summed E-state index contributed by atoms with van der Waals surface area (Å²) in [5, 5.41) is 11.9. The summed E-state index contributed by atoms with van der Waals surface area (Å²) in [6.07, 6.45) is 0.109. The van der Waals surface area contributed by atoms with Gasteiger partial charge in [0.05, 0.1) is 11.8 Å². The second kappa shape index (κ2) is 5.85. The minimum absolute atomic E-state index is 0.109. The molecule has 0 unspecified atom stereocenters. The number of benzene rings is 1. The Hall–Kier alpha value is -1.88. The van der Waals surface area contributed by atoms with Crippen LogP contribution in [0.25, 0.3) is 10.6 Å². The van der Waals surface area contributed by atoms with Crippen molar-refractivity contribution in [3.8, 4) is 16.3 Å². The van der Waals surface area contributed by atoms with Crippen LogP contribution in [-0.4, -0.2) is 22.2 Å². The molecule has 0 saturated heterocycles. The normalized spacial score (nSPS) is 11.7. The lowest BCUT2D eigenvalue weighted by Crippen LogP contribution is -2.28. The first-order valence-electron chi connectivity index (χ1n) is 6.77. The number of hydrogen-bond donors (Lipinski definition) is 1. The fourth-order valence-electron chi connectivity index (χ4n) is 1.78. The molecule has 21 heavy (non-hydrogen) atoms. The molecule has 1 N–H and O–H groups in total. The van der Waals surface area contributed by atoms with E-state index in [9.17, 15) is 9.90 Å². The summed E-state index contributed by atoms with van der Waals surface area (Å²) < 4.78 is 5.67. The van der Waals surface area contributed by atoms with Crippen LogP contribution in [0.3, 0.4) is 0 Å². The third-order valence-corrected chi connectivity index (χ3v) is 4.02. The average Bonchev–Trinajstić information content (AvgIpc) is 2.88. The molecular weight excluding hydrogens is 286 g/mol. The Balaban J connectivity index is 2.32. The highest BCUT2D eigenvalue weighted by Crippen LogP contribution is 2.31. The SMILES string of the molecule is CC(C)Oc1cccc(-c2nc(C(C)(C)C(=O)O)cs2)c1. The lowest BCUT2D eigenvalue weighted by Gasteiger charge is -2.15. The number of carbonyl (C=O) groups is 1. The van der Waals surface area contributed by atoms with Crippen LogP contribution >= 0.6 is 11.3 Å². The maximum Gasteiger partial charge on any atom is 0.315 e. The molecule has 2 aromatic rings. The Morgan fingerprint density at radius 1 is 1.38 bits per heavy atom. The predicted octanol–water partition coefficient (Wildman–Crippen LogP) is 3.96. The topological polar surface area (TPSA) is 59.4 Å². The first kappa shape index (κ1) is 15.5. The van der Waals surface area contributed by atoms with Crippen LogP contribution in [0.15, 0.2) is 29.6 Å². The minimum atomic E-state index is -0.985. The first-order chi connectivity index (χ1) is 9.80. The van der Waals surface area contributed by atoms with E-state index in [1.165, 1.54) is 11.3 Å². The molecule has 0 aliphatic carbocycles. The summed E-state index contributed by atoms with van der Waals surface area (Å²) in [6.45, 7) is 7.27. The lowest BCUT2D eigenvalue weighted by molar-refractivity contribution is -0.142. The van der Waals surface area contributed by atoms with Crippen LogP contribution in [0, 0.1) is 0 Å². The third kappa shape index (κ3) is 3.42. The van der Waals surface area contributed by atoms with Gasteiger partial charge in [0.15, 0.2) is 0 Å². The summed E-state index contributed by atoms with van der Waals surface area (Å²) in [6, 6.07) is 7.69. The number of nitrogens with zero attached hydrogens (tertiary/aromatic N) is 1. The van der Waals surface area contributed by atoms with E-state index in [0.29, 0.717) is 5.69 Å². The van der Waals surface area contributed by atoms with Gasteiger partial charge in [-0.3, -0.25) is 4.79 Å². The molecule has 0 spiro atoms. The van der Waals surface area contributed by atoms with Gasteiger partial charge in [-0.15, -0.1) is 11.3 Å². The number of carboxylic acid groups (broad SMARTS) is 1. The molecule has 0 radical (unpaired) electrons. The molecule has 112 valence electrons. The molecule has 1 aromatic carbocycles. The molecule has 2 rings (SSSR count). The number of thiazole rings is 1. The number of rotatable bonds is 5. The zero-order chi connectivity index (χ0) is 15.6. The Morgan fingerprint density at radius 2 is 2.10 bits per heavy atom. The van der Waals surface area contributed by atoms with Crippen molar-refractivity contribution < 1.29 is 14.6 Å². The van der Waals surface area contributed by atoms with E-state index in [1.807, 2.05) is 38.1 Å². The van der Waals surface area contributed by atoms with E-state index in [4.69, 9.17) is 4.74 Å². The summed E-state index contributed by atoms with van der Waals surface area (Å²) in [4.78, 5) is 15.8. The van der Waals surface area contributed by atoms with E-state index in [0.717, 1.165) is 16.3 Å². The van der Waals surface area contributed by atoms with Crippen molar-refractivity contribution in [3.05, 3.63) is 35.3 Å². The molecule has 0 fully saturated rings. The molecule has 0 atom stereocenters. The highest BCUT2D eigenvalue weighted by atomic mass is 32.1. The fraction of sp³-hybridized carbons (Fsp3) is 0.375. The molecule has 4 nitrogen and oxygen atoms in total. The lowest BCUT2D eigenvalue weighted by atomic mass is 9.90. The van der Waals surface area contributed by atoms with Crippen LogP contribution in [-0.2, 0) is 10.2 Å². The van der Waals surface area contributed by atoms with Gasteiger partial charge >= 0.3 is 5.97 Å². The van der Waals surface area contributed by atoms with E-state index in [-0.39, 0.29) is 6.10 Å². The molecule has 0 bridgehead atoms. The van der Waals surface area contributed by atoms with Gasteiger partial charge in [-0.25, -0.2) is 4.98 Å². The fourth-order valence-corrected chi connectivity index (χ4v) is 2.76. The van der Waals surface area contributed by atoms with Crippen molar-refractivity contribution in [1.82, 2.24) is 4.98 Å². The second-order valence-corrected chi connectivity index (χ2v) is 6.52. The van der Waals surface area contributed by atoms with Crippen molar-refractivity contribution in [1.29, 1.82) is 0 Å². The zero-order valence-corrected chi connectivity index (χ0v) is 13.4. The quantitative estimate of drug-likeness (QED) is 0.908. The van der Waals surface area contributed by atoms with Crippen LogP contribution in [0.4, 0.5) is 0 Å². The molecule has 1 aromatic heterocycles. The molecule has 0 saturated carbocycles.